The molecule has 20 heavy (non-hydrogen) atoms. The van der Waals surface area contributed by atoms with Gasteiger partial charge in [-0.1, -0.05) is 36.4 Å². The summed E-state index contributed by atoms with van der Waals surface area (Å²) in [7, 11) is -0.291. The van der Waals surface area contributed by atoms with Crippen LogP contribution >= 0.6 is 11.6 Å². The average Bonchev–Trinajstić information content (AvgIpc) is 2.60. The van der Waals surface area contributed by atoms with Gasteiger partial charge >= 0.3 is 7.12 Å². The minimum atomic E-state index is -0.295. The fourth-order valence-corrected chi connectivity index (χ4v) is 2.15. The van der Waals surface area contributed by atoms with Crippen molar-refractivity contribution in [2.24, 2.45) is 0 Å². The maximum atomic E-state index is 6.03. The SMILES string of the molecule is CC1(C)OB(c2ccc(C=CCCCl)cc2)OC1(C)C. The Labute approximate surface area is 127 Å². The van der Waals surface area contributed by atoms with Crippen molar-refractivity contribution in [2.45, 2.75) is 45.3 Å². The molecule has 0 unspecified atom stereocenters. The molecule has 2 rings (SSSR count). The van der Waals surface area contributed by atoms with Crippen LogP contribution in [0.2, 0.25) is 0 Å². The molecule has 1 aliphatic heterocycles. The lowest BCUT2D eigenvalue weighted by Gasteiger charge is -2.32. The van der Waals surface area contributed by atoms with E-state index in [0.29, 0.717) is 5.88 Å². The first-order valence-electron chi connectivity index (χ1n) is 7.04. The van der Waals surface area contributed by atoms with Gasteiger partial charge in [0, 0.05) is 5.88 Å². The molecule has 0 saturated carbocycles. The highest BCUT2D eigenvalue weighted by molar-refractivity contribution is 6.62. The third-order valence-corrected chi connectivity index (χ3v) is 4.27. The molecule has 1 saturated heterocycles. The molecule has 0 N–H and O–H groups in total. The summed E-state index contributed by atoms with van der Waals surface area (Å²) in [6, 6.07) is 8.27. The Morgan fingerprint density at radius 3 is 2.10 bits per heavy atom. The van der Waals surface area contributed by atoms with Gasteiger partial charge < -0.3 is 9.31 Å². The molecule has 4 heteroatoms. The van der Waals surface area contributed by atoms with Crippen molar-refractivity contribution in [3.8, 4) is 0 Å². The quantitative estimate of drug-likeness (QED) is 0.623. The molecule has 1 aromatic rings. The highest BCUT2D eigenvalue weighted by Gasteiger charge is 2.51. The van der Waals surface area contributed by atoms with Gasteiger partial charge in [-0.2, -0.15) is 0 Å². The summed E-state index contributed by atoms with van der Waals surface area (Å²) in [5, 5.41) is 0. The summed E-state index contributed by atoms with van der Waals surface area (Å²) >= 11 is 5.65. The van der Waals surface area contributed by atoms with Gasteiger partial charge in [0.15, 0.2) is 0 Å². The normalized spacial score (nSPS) is 20.8. The van der Waals surface area contributed by atoms with Gasteiger partial charge in [0.25, 0.3) is 0 Å². The largest absolute Gasteiger partial charge is 0.494 e. The fraction of sp³-hybridized carbons (Fsp3) is 0.500. The average molecular weight is 293 g/mol. The van der Waals surface area contributed by atoms with Crippen LogP contribution in [0.15, 0.2) is 30.3 Å². The van der Waals surface area contributed by atoms with E-state index in [9.17, 15) is 0 Å². The van der Waals surface area contributed by atoms with Gasteiger partial charge in [-0.15, -0.1) is 11.6 Å². The molecule has 0 spiro atoms. The Morgan fingerprint density at radius 2 is 1.60 bits per heavy atom. The van der Waals surface area contributed by atoms with Crippen LogP contribution in [-0.4, -0.2) is 24.2 Å². The number of allylic oxidation sites excluding steroid dienone is 1. The Kier molecular flexibility index (Phi) is 4.63. The predicted octanol–water partition coefficient (Wildman–Crippen LogP) is 3.63. The molecule has 0 amide bonds. The van der Waals surface area contributed by atoms with Gasteiger partial charge in [-0.05, 0) is 45.1 Å². The van der Waals surface area contributed by atoms with Crippen LogP contribution in [0.1, 0.15) is 39.7 Å². The summed E-state index contributed by atoms with van der Waals surface area (Å²) in [4.78, 5) is 0. The first-order chi connectivity index (χ1) is 9.36. The molecular weight excluding hydrogens is 270 g/mol. The molecule has 2 nitrogen and oxygen atoms in total. The lowest BCUT2D eigenvalue weighted by atomic mass is 9.79. The molecule has 0 aliphatic carbocycles. The maximum absolute atomic E-state index is 6.03. The van der Waals surface area contributed by atoms with E-state index in [1.165, 1.54) is 0 Å². The van der Waals surface area contributed by atoms with Crippen molar-refractivity contribution in [1.82, 2.24) is 0 Å². The number of benzene rings is 1. The van der Waals surface area contributed by atoms with Crippen LogP contribution in [0, 0.1) is 0 Å². The third kappa shape index (κ3) is 3.28. The second-order valence-corrected chi connectivity index (χ2v) is 6.51. The van der Waals surface area contributed by atoms with Crippen molar-refractivity contribution in [3.05, 3.63) is 35.9 Å². The summed E-state index contributed by atoms with van der Waals surface area (Å²) < 4.78 is 12.1. The van der Waals surface area contributed by atoms with Crippen LogP contribution < -0.4 is 5.46 Å². The van der Waals surface area contributed by atoms with E-state index < -0.39 is 0 Å². The van der Waals surface area contributed by atoms with Crippen molar-refractivity contribution in [3.63, 3.8) is 0 Å². The minimum Gasteiger partial charge on any atom is -0.399 e. The van der Waals surface area contributed by atoms with E-state index in [1.54, 1.807) is 0 Å². The maximum Gasteiger partial charge on any atom is 0.494 e. The second-order valence-electron chi connectivity index (χ2n) is 6.13. The van der Waals surface area contributed by atoms with Crippen molar-refractivity contribution >= 4 is 30.3 Å². The summed E-state index contributed by atoms with van der Waals surface area (Å²) in [5.41, 5.74) is 1.63. The molecule has 0 aromatic heterocycles. The Balaban J connectivity index is 2.08. The Hall–Kier alpha value is -0.765. The highest BCUT2D eigenvalue weighted by Crippen LogP contribution is 2.36. The standard InChI is InChI=1S/C16H22BClO2/c1-15(2)16(3,4)20-17(19-15)14-10-8-13(9-11-14)7-5-6-12-18/h5,7-11H,6,12H2,1-4H3. The summed E-state index contributed by atoms with van der Waals surface area (Å²) in [6.45, 7) is 8.26. The van der Waals surface area contributed by atoms with E-state index in [2.05, 4.69) is 64.1 Å². The van der Waals surface area contributed by atoms with Gasteiger partial charge in [-0.3, -0.25) is 0 Å². The monoisotopic (exact) mass is 292 g/mol. The predicted molar refractivity (Wildman–Crippen MR) is 86.5 cm³/mol. The van der Waals surface area contributed by atoms with E-state index in [1.807, 2.05) is 0 Å². The van der Waals surface area contributed by atoms with Crippen molar-refractivity contribution in [2.75, 3.05) is 5.88 Å². The van der Waals surface area contributed by atoms with Gasteiger partial charge in [0.2, 0.25) is 0 Å². The van der Waals surface area contributed by atoms with E-state index in [-0.39, 0.29) is 18.3 Å². The van der Waals surface area contributed by atoms with E-state index in [4.69, 9.17) is 20.9 Å². The third-order valence-electron chi connectivity index (χ3n) is 4.05. The molecule has 0 bridgehead atoms. The Bertz CT molecular complexity index is 464. The van der Waals surface area contributed by atoms with E-state index >= 15 is 0 Å². The van der Waals surface area contributed by atoms with Crippen LogP contribution in [0.3, 0.4) is 0 Å². The lowest BCUT2D eigenvalue weighted by molar-refractivity contribution is 0.00578. The van der Waals surface area contributed by atoms with Crippen molar-refractivity contribution in [1.29, 1.82) is 0 Å². The number of rotatable bonds is 4. The molecule has 1 fully saturated rings. The lowest BCUT2D eigenvalue weighted by Crippen LogP contribution is -2.41. The first-order valence-corrected chi connectivity index (χ1v) is 7.57. The molecule has 1 aromatic carbocycles. The smallest absolute Gasteiger partial charge is 0.399 e. The van der Waals surface area contributed by atoms with Gasteiger partial charge in [0.05, 0.1) is 11.2 Å². The molecule has 1 aliphatic rings. The molecule has 108 valence electrons. The zero-order valence-electron chi connectivity index (χ0n) is 12.7. The zero-order chi connectivity index (χ0) is 14.8. The van der Waals surface area contributed by atoms with Crippen LogP contribution in [0.5, 0.6) is 0 Å². The number of hydrogen-bond acceptors (Lipinski definition) is 2. The second kappa shape index (κ2) is 5.93. The fourth-order valence-electron chi connectivity index (χ4n) is 2.03. The summed E-state index contributed by atoms with van der Waals surface area (Å²) in [5.74, 6) is 0.655. The Morgan fingerprint density at radius 1 is 1.05 bits per heavy atom. The summed E-state index contributed by atoms with van der Waals surface area (Å²) in [6.07, 6.45) is 5.05. The van der Waals surface area contributed by atoms with Gasteiger partial charge in [0.1, 0.15) is 0 Å². The van der Waals surface area contributed by atoms with Crippen LogP contribution in [0.25, 0.3) is 6.08 Å². The van der Waals surface area contributed by atoms with E-state index in [0.717, 1.165) is 17.4 Å². The van der Waals surface area contributed by atoms with Gasteiger partial charge in [-0.25, -0.2) is 0 Å². The molecule has 1 heterocycles. The minimum absolute atomic E-state index is 0.291. The number of alkyl halides is 1. The molecular formula is C16H22BClO2. The van der Waals surface area contributed by atoms with Crippen LogP contribution in [-0.2, 0) is 9.31 Å². The highest BCUT2D eigenvalue weighted by atomic mass is 35.5. The van der Waals surface area contributed by atoms with Crippen molar-refractivity contribution < 1.29 is 9.31 Å². The molecule has 0 atom stereocenters. The van der Waals surface area contributed by atoms with Crippen LogP contribution in [0.4, 0.5) is 0 Å². The molecule has 0 radical (unpaired) electrons. The number of hydrogen-bond donors (Lipinski definition) is 0. The zero-order valence-corrected chi connectivity index (χ0v) is 13.4. The number of halogens is 1. The topological polar surface area (TPSA) is 18.5 Å². The first kappa shape index (κ1) is 15.6.